The van der Waals surface area contributed by atoms with Gasteiger partial charge in [0, 0.05) is 16.3 Å². The van der Waals surface area contributed by atoms with Crippen molar-refractivity contribution in [3.8, 4) is 11.3 Å². The summed E-state index contributed by atoms with van der Waals surface area (Å²) >= 11 is 0. The zero-order valence-electron chi connectivity index (χ0n) is 19.1. The molecule has 5 rings (SSSR count). The number of hydrogen-bond donors (Lipinski definition) is 0. The lowest BCUT2D eigenvalue weighted by Gasteiger charge is -2.19. The van der Waals surface area contributed by atoms with Crippen LogP contribution in [0, 0.1) is 12.8 Å². The summed E-state index contributed by atoms with van der Waals surface area (Å²) in [7, 11) is 0. The van der Waals surface area contributed by atoms with E-state index in [1.54, 1.807) is 0 Å². The Bertz CT molecular complexity index is 1420. The van der Waals surface area contributed by atoms with Crippen molar-refractivity contribution in [2.75, 3.05) is 0 Å². The van der Waals surface area contributed by atoms with Crippen LogP contribution < -0.4 is 0 Å². The molecule has 0 aliphatic heterocycles. The summed E-state index contributed by atoms with van der Waals surface area (Å²) in [5.41, 5.74) is 8.91. The third-order valence-corrected chi connectivity index (χ3v) is 6.38. The second-order valence-corrected chi connectivity index (χ2v) is 9.45. The Balaban J connectivity index is 1.98. The minimum Gasteiger partial charge on any atom is -0.292 e. The van der Waals surface area contributed by atoms with Crippen LogP contribution in [0.5, 0.6) is 0 Å². The third-order valence-electron chi connectivity index (χ3n) is 6.38. The predicted octanol–water partition coefficient (Wildman–Crippen LogP) is 7.94. The van der Waals surface area contributed by atoms with E-state index < -0.39 is 0 Å². The lowest BCUT2D eigenvalue weighted by Crippen LogP contribution is -2.04. The maximum absolute atomic E-state index is 5.02. The highest BCUT2D eigenvalue weighted by atomic mass is 15.0. The minimum atomic E-state index is 0.445. The molecule has 0 radical (unpaired) electrons. The van der Waals surface area contributed by atoms with Crippen LogP contribution in [0.4, 0.5) is 0 Å². The van der Waals surface area contributed by atoms with Gasteiger partial charge in [-0.15, -0.1) is 0 Å². The van der Waals surface area contributed by atoms with Crippen molar-refractivity contribution in [1.82, 2.24) is 9.38 Å². The largest absolute Gasteiger partial charge is 0.292 e. The van der Waals surface area contributed by atoms with Crippen LogP contribution in [0.1, 0.15) is 50.3 Å². The van der Waals surface area contributed by atoms with E-state index in [0.717, 1.165) is 12.1 Å². The van der Waals surface area contributed by atoms with Gasteiger partial charge in [0.05, 0.1) is 17.4 Å². The Morgan fingerprint density at radius 1 is 0.839 bits per heavy atom. The van der Waals surface area contributed by atoms with Crippen molar-refractivity contribution < 1.29 is 0 Å². The highest BCUT2D eigenvalue weighted by molar-refractivity contribution is 6.13. The molecular weight excluding hydrogens is 376 g/mol. The number of rotatable bonds is 4. The first-order valence-electron chi connectivity index (χ1n) is 11.4. The van der Waals surface area contributed by atoms with E-state index in [2.05, 4.69) is 106 Å². The topological polar surface area (TPSA) is 17.3 Å². The van der Waals surface area contributed by atoms with Crippen molar-refractivity contribution in [2.24, 2.45) is 5.92 Å². The van der Waals surface area contributed by atoms with E-state index >= 15 is 0 Å². The summed E-state index contributed by atoms with van der Waals surface area (Å²) < 4.78 is 2.40. The van der Waals surface area contributed by atoms with Gasteiger partial charge in [0.25, 0.3) is 0 Å². The van der Waals surface area contributed by atoms with Crippen LogP contribution in [0.2, 0.25) is 0 Å². The molecule has 2 heteroatoms. The lowest BCUT2D eigenvalue weighted by molar-refractivity contribution is 0.647. The summed E-state index contributed by atoms with van der Waals surface area (Å²) in [6.45, 7) is 11.4. The molecule has 0 aliphatic rings. The van der Waals surface area contributed by atoms with E-state index in [1.165, 1.54) is 49.6 Å². The maximum Gasteiger partial charge on any atom is 0.145 e. The molecule has 0 bridgehead atoms. The smallest absolute Gasteiger partial charge is 0.145 e. The molecule has 31 heavy (non-hydrogen) atoms. The fraction of sp³-hybridized carbons (Fsp3) is 0.276. The average molecular weight is 407 g/mol. The second-order valence-electron chi connectivity index (χ2n) is 9.45. The summed E-state index contributed by atoms with van der Waals surface area (Å²) in [4.78, 5) is 5.02. The molecule has 0 saturated carbocycles. The highest BCUT2D eigenvalue weighted by Gasteiger charge is 2.20. The normalized spacial score (nSPS) is 12.1. The van der Waals surface area contributed by atoms with Gasteiger partial charge in [-0.2, -0.15) is 0 Å². The number of nitrogens with zero attached hydrogens (tertiary/aromatic N) is 2. The first-order chi connectivity index (χ1) is 15.0. The standard InChI is InChI=1S/C29H30N2/c1-18(2)16-21-11-9-13-22(19(3)4)28(21)26-17-30-29-27-20(5)10-8-14-24(27)23-12-6-7-15-25(23)31(26)29/h6-15,17-19H,16H2,1-5H3. The van der Waals surface area contributed by atoms with Gasteiger partial charge in [-0.05, 0) is 53.3 Å². The van der Waals surface area contributed by atoms with Crippen LogP contribution in [-0.2, 0) is 6.42 Å². The van der Waals surface area contributed by atoms with Gasteiger partial charge in [-0.1, -0.05) is 82.3 Å². The van der Waals surface area contributed by atoms with E-state index in [9.17, 15) is 0 Å². The highest BCUT2D eigenvalue weighted by Crippen LogP contribution is 2.38. The van der Waals surface area contributed by atoms with E-state index in [4.69, 9.17) is 4.98 Å². The number of para-hydroxylation sites is 1. The Hall–Kier alpha value is -3.13. The molecule has 0 unspecified atom stereocenters. The predicted molar refractivity (Wildman–Crippen MR) is 133 cm³/mol. The molecule has 0 saturated heterocycles. The minimum absolute atomic E-state index is 0.445. The van der Waals surface area contributed by atoms with Crippen molar-refractivity contribution in [3.05, 3.63) is 83.6 Å². The Kier molecular flexibility index (Phi) is 4.81. The van der Waals surface area contributed by atoms with Gasteiger partial charge in [0.15, 0.2) is 0 Å². The van der Waals surface area contributed by atoms with Crippen LogP contribution in [0.15, 0.2) is 66.9 Å². The summed E-state index contributed by atoms with van der Waals surface area (Å²) in [6, 6.07) is 22.1. The lowest BCUT2D eigenvalue weighted by atomic mass is 9.88. The van der Waals surface area contributed by atoms with Crippen LogP contribution in [0.25, 0.3) is 38.6 Å². The molecule has 0 amide bonds. The zero-order valence-corrected chi connectivity index (χ0v) is 19.1. The molecule has 3 aromatic carbocycles. The molecule has 0 spiro atoms. The molecule has 5 aromatic rings. The quantitative estimate of drug-likeness (QED) is 0.277. The monoisotopic (exact) mass is 406 g/mol. The van der Waals surface area contributed by atoms with Gasteiger partial charge in [0.2, 0.25) is 0 Å². The number of imidazole rings is 1. The average Bonchev–Trinajstić information content (AvgIpc) is 3.18. The number of hydrogen-bond acceptors (Lipinski definition) is 1. The molecule has 0 aliphatic carbocycles. The second kappa shape index (κ2) is 7.53. The molecule has 2 nitrogen and oxygen atoms in total. The Morgan fingerprint density at radius 2 is 1.58 bits per heavy atom. The number of aryl methyl sites for hydroxylation is 1. The molecule has 0 N–H and O–H groups in total. The van der Waals surface area contributed by atoms with Crippen molar-refractivity contribution in [1.29, 1.82) is 0 Å². The van der Waals surface area contributed by atoms with Crippen molar-refractivity contribution >= 4 is 27.3 Å². The van der Waals surface area contributed by atoms with Gasteiger partial charge >= 0.3 is 0 Å². The molecular formula is C29H30N2. The number of pyridine rings is 1. The molecule has 2 heterocycles. The van der Waals surface area contributed by atoms with Crippen LogP contribution in [0.3, 0.4) is 0 Å². The first-order valence-corrected chi connectivity index (χ1v) is 11.4. The van der Waals surface area contributed by atoms with E-state index in [1.807, 2.05) is 0 Å². The fourth-order valence-corrected chi connectivity index (χ4v) is 5.06. The Morgan fingerprint density at radius 3 is 2.35 bits per heavy atom. The van der Waals surface area contributed by atoms with Crippen molar-refractivity contribution in [2.45, 2.75) is 47.0 Å². The van der Waals surface area contributed by atoms with Crippen molar-refractivity contribution in [3.63, 3.8) is 0 Å². The fourth-order valence-electron chi connectivity index (χ4n) is 5.06. The first kappa shape index (κ1) is 19.8. The number of benzene rings is 3. The maximum atomic E-state index is 5.02. The summed E-state index contributed by atoms with van der Waals surface area (Å²) in [6.07, 6.45) is 3.16. The van der Waals surface area contributed by atoms with Gasteiger partial charge < -0.3 is 0 Å². The van der Waals surface area contributed by atoms with Gasteiger partial charge in [0.1, 0.15) is 5.65 Å². The number of aromatic nitrogens is 2. The Labute approximate surface area is 184 Å². The summed E-state index contributed by atoms with van der Waals surface area (Å²) in [5, 5.41) is 3.81. The van der Waals surface area contributed by atoms with Crippen LogP contribution >= 0.6 is 0 Å². The third kappa shape index (κ3) is 3.13. The zero-order chi connectivity index (χ0) is 21.7. The molecule has 0 fully saturated rings. The van der Waals surface area contributed by atoms with E-state index in [0.29, 0.717) is 11.8 Å². The SMILES string of the molecule is Cc1cccc2c3ccccc3n3c(-c4c(CC(C)C)cccc4C(C)C)cnc3c12. The number of fused-ring (bicyclic) bond motifs is 6. The molecule has 2 aromatic heterocycles. The van der Waals surface area contributed by atoms with Gasteiger partial charge in [-0.25, -0.2) is 4.98 Å². The van der Waals surface area contributed by atoms with Gasteiger partial charge in [-0.3, -0.25) is 4.40 Å². The van der Waals surface area contributed by atoms with E-state index in [-0.39, 0.29) is 0 Å². The molecule has 0 atom stereocenters. The summed E-state index contributed by atoms with van der Waals surface area (Å²) in [5.74, 6) is 1.04. The molecule has 156 valence electrons. The van der Waals surface area contributed by atoms with Crippen LogP contribution in [-0.4, -0.2) is 9.38 Å².